The Morgan fingerprint density at radius 1 is 1.24 bits per heavy atom. The van der Waals surface area contributed by atoms with Crippen LogP contribution in [0, 0.1) is 5.41 Å². The fourth-order valence-electron chi connectivity index (χ4n) is 3.97. The van der Waals surface area contributed by atoms with Gasteiger partial charge in [0.15, 0.2) is 5.82 Å². The summed E-state index contributed by atoms with van der Waals surface area (Å²) in [7, 11) is 1.70. The fourth-order valence-corrected chi connectivity index (χ4v) is 3.97. The van der Waals surface area contributed by atoms with Gasteiger partial charge in [0, 0.05) is 30.8 Å². The topological polar surface area (TPSA) is 88.2 Å². The molecule has 1 unspecified atom stereocenters. The molecule has 152 valence electrons. The van der Waals surface area contributed by atoms with Gasteiger partial charge in [0.1, 0.15) is 22.6 Å². The van der Waals surface area contributed by atoms with Crippen molar-refractivity contribution < 1.29 is 9.47 Å². The molecule has 0 spiro atoms. The molecule has 3 aromatic rings. The molecule has 5 rings (SSSR count). The van der Waals surface area contributed by atoms with Gasteiger partial charge >= 0.3 is 0 Å². The number of fused-ring (bicyclic) bond motifs is 1. The predicted molar refractivity (Wildman–Crippen MR) is 112 cm³/mol. The van der Waals surface area contributed by atoms with Crippen molar-refractivity contribution in [2.24, 2.45) is 5.41 Å². The van der Waals surface area contributed by atoms with Crippen LogP contribution in [0.1, 0.15) is 32.0 Å². The van der Waals surface area contributed by atoms with E-state index in [1.807, 2.05) is 6.07 Å². The van der Waals surface area contributed by atoms with Gasteiger partial charge in [0.25, 0.3) is 0 Å². The molecule has 2 aromatic heterocycles. The van der Waals surface area contributed by atoms with E-state index in [0.29, 0.717) is 5.92 Å². The van der Waals surface area contributed by atoms with Crippen LogP contribution in [-0.4, -0.2) is 53.6 Å². The molecule has 2 aliphatic rings. The monoisotopic (exact) mass is 394 g/mol. The van der Waals surface area contributed by atoms with Crippen molar-refractivity contribution in [1.82, 2.24) is 20.2 Å². The second-order valence-corrected chi connectivity index (χ2v) is 8.42. The van der Waals surface area contributed by atoms with Gasteiger partial charge in [-0.05, 0) is 24.0 Å². The molecule has 0 radical (unpaired) electrons. The van der Waals surface area contributed by atoms with Crippen LogP contribution in [0.15, 0.2) is 24.4 Å². The maximum Gasteiger partial charge on any atom is 0.160 e. The molecule has 1 aliphatic carbocycles. The first kappa shape index (κ1) is 18.2. The zero-order chi connectivity index (χ0) is 20.0. The molecule has 1 saturated carbocycles. The van der Waals surface area contributed by atoms with E-state index in [2.05, 4.69) is 46.4 Å². The Morgan fingerprint density at radius 3 is 2.76 bits per heavy atom. The van der Waals surface area contributed by atoms with Crippen LogP contribution in [0.5, 0.6) is 5.75 Å². The highest BCUT2D eigenvalue weighted by Gasteiger charge is 2.48. The zero-order valence-corrected chi connectivity index (χ0v) is 17.0. The summed E-state index contributed by atoms with van der Waals surface area (Å²) in [6, 6.07) is 6.15. The Kier molecular flexibility index (Phi) is 4.31. The Hall–Kier alpha value is -2.87. The summed E-state index contributed by atoms with van der Waals surface area (Å²) < 4.78 is 11.1. The Labute approximate surface area is 169 Å². The van der Waals surface area contributed by atoms with Crippen molar-refractivity contribution in [3.63, 3.8) is 0 Å². The quantitative estimate of drug-likeness (QED) is 0.685. The molecule has 1 aromatic carbocycles. The van der Waals surface area contributed by atoms with E-state index in [4.69, 9.17) is 19.4 Å². The van der Waals surface area contributed by atoms with Gasteiger partial charge in [-0.1, -0.05) is 13.8 Å². The SMILES string of the molecule is COc1cc(Nc2nc(C3CC3(C)C)nc3cn[nH]c23)ccc1N1CCOCC1. The highest BCUT2D eigenvalue weighted by molar-refractivity contribution is 5.87. The van der Waals surface area contributed by atoms with Crippen LogP contribution < -0.4 is 15.0 Å². The van der Waals surface area contributed by atoms with Crippen LogP contribution >= 0.6 is 0 Å². The van der Waals surface area contributed by atoms with E-state index in [0.717, 1.165) is 72.5 Å². The number of ether oxygens (including phenoxy) is 2. The van der Waals surface area contributed by atoms with E-state index >= 15 is 0 Å². The normalized spacial score (nSPS) is 20.7. The first-order chi connectivity index (χ1) is 14.0. The lowest BCUT2D eigenvalue weighted by Gasteiger charge is -2.30. The van der Waals surface area contributed by atoms with Crippen molar-refractivity contribution in [2.45, 2.75) is 26.2 Å². The van der Waals surface area contributed by atoms with Gasteiger partial charge in [-0.2, -0.15) is 5.10 Å². The number of methoxy groups -OCH3 is 1. The number of morpholine rings is 1. The third-order valence-electron chi connectivity index (χ3n) is 5.94. The summed E-state index contributed by atoms with van der Waals surface area (Å²) in [6.45, 7) is 7.71. The molecule has 1 aliphatic heterocycles. The van der Waals surface area contributed by atoms with Crippen LogP contribution in [0.2, 0.25) is 0 Å². The van der Waals surface area contributed by atoms with Crippen molar-refractivity contribution in [1.29, 1.82) is 0 Å². The number of nitrogens with zero attached hydrogens (tertiary/aromatic N) is 4. The number of aromatic amines is 1. The Morgan fingerprint density at radius 2 is 2.03 bits per heavy atom. The van der Waals surface area contributed by atoms with Crippen molar-refractivity contribution >= 4 is 28.2 Å². The van der Waals surface area contributed by atoms with Gasteiger partial charge in [-0.15, -0.1) is 0 Å². The highest BCUT2D eigenvalue weighted by Crippen LogP contribution is 2.57. The molecule has 2 N–H and O–H groups in total. The predicted octanol–water partition coefficient (Wildman–Crippen LogP) is 3.46. The maximum atomic E-state index is 5.67. The summed E-state index contributed by atoms with van der Waals surface area (Å²) in [4.78, 5) is 11.8. The summed E-state index contributed by atoms with van der Waals surface area (Å²) in [5.41, 5.74) is 3.89. The number of nitrogens with one attached hydrogen (secondary N) is 2. The van der Waals surface area contributed by atoms with Crippen molar-refractivity contribution in [3.8, 4) is 5.75 Å². The number of anilines is 3. The minimum atomic E-state index is 0.262. The lowest BCUT2D eigenvalue weighted by molar-refractivity contribution is 0.122. The maximum absolute atomic E-state index is 5.67. The van der Waals surface area contributed by atoms with Crippen LogP contribution in [0.3, 0.4) is 0 Å². The second-order valence-electron chi connectivity index (χ2n) is 8.42. The fraction of sp³-hybridized carbons (Fsp3) is 0.476. The molecule has 29 heavy (non-hydrogen) atoms. The lowest BCUT2D eigenvalue weighted by Crippen LogP contribution is -2.36. The second kappa shape index (κ2) is 6.88. The number of H-pyrrole nitrogens is 1. The smallest absolute Gasteiger partial charge is 0.160 e. The highest BCUT2D eigenvalue weighted by atomic mass is 16.5. The molecule has 3 heterocycles. The van der Waals surface area contributed by atoms with Crippen LogP contribution in [-0.2, 0) is 4.74 Å². The Bertz CT molecular complexity index is 1040. The number of rotatable bonds is 5. The van der Waals surface area contributed by atoms with Gasteiger partial charge in [-0.3, -0.25) is 5.10 Å². The van der Waals surface area contributed by atoms with Gasteiger partial charge < -0.3 is 19.7 Å². The van der Waals surface area contributed by atoms with Crippen LogP contribution in [0.4, 0.5) is 17.2 Å². The minimum absolute atomic E-state index is 0.262. The molecule has 1 saturated heterocycles. The minimum Gasteiger partial charge on any atom is -0.495 e. The molecule has 1 atom stereocenters. The lowest BCUT2D eigenvalue weighted by atomic mass is 10.1. The molecule has 0 bridgehead atoms. The summed E-state index contributed by atoms with van der Waals surface area (Å²) in [5.74, 6) is 2.84. The summed E-state index contributed by atoms with van der Waals surface area (Å²) >= 11 is 0. The first-order valence-corrected chi connectivity index (χ1v) is 10.0. The Balaban J connectivity index is 1.47. The van der Waals surface area contributed by atoms with E-state index in [1.54, 1.807) is 13.3 Å². The number of aromatic nitrogens is 4. The third-order valence-corrected chi connectivity index (χ3v) is 5.94. The van der Waals surface area contributed by atoms with Gasteiger partial charge in [0.2, 0.25) is 0 Å². The molecule has 0 amide bonds. The first-order valence-electron chi connectivity index (χ1n) is 10.0. The van der Waals surface area contributed by atoms with E-state index in [1.165, 1.54) is 0 Å². The third kappa shape index (κ3) is 3.37. The number of hydrogen-bond acceptors (Lipinski definition) is 7. The van der Waals surface area contributed by atoms with Crippen LogP contribution in [0.25, 0.3) is 11.0 Å². The average molecular weight is 394 g/mol. The molecule has 8 nitrogen and oxygen atoms in total. The molecular weight excluding hydrogens is 368 g/mol. The average Bonchev–Trinajstić information content (AvgIpc) is 3.13. The number of benzene rings is 1. The van der Waals surface area contributed by atoms with Crippen molar-refractivity contribution in [2.75, 3.05) is 43.6 Å². The van der Waals surface area contributed by atoms with E-state index < -0.39 is 0 Å². The van der Waals surface area contributed by atoms with E-state index in [-0.39, 0.29) is 5.41 Å². The molecule has 8 heteroatoms. The van der Waals surface area contributed by atoms with Crippen molar-refractivity contribution in [3.05, 3.63) is 30.2 Å². The van der Waals surface area contributed by atoms with Gasteiger partial charge in [0.05, 0.1) is 32.2 Å². The number of hydrogen-bond donors (Lipinski definition) is 2. The van der Waals surface area contributed by atoms with E-state index in [9.17, 15) is 0 Å². The largest absolute Gasteiger partial charge is 0.495 e. The standard InChI is InChI=1S/C21H26N6O2/c1-21(2)11-14(21)19-24-15-12-22-26-18(15)20(25-19)23-13-4-5-16(17(10-13)28-3)27-6-8-29-9-7-27/h4-5,10,12,14H,6-9,11H2,1-3H3,(H,22,26)(H,23,24,25). The van der Waals surface area contributed by atoms with Gasteiger partial charge in [-0.25, -0.2) is 9.97 Å². The summed E-state index contributed by atoms with van der Waals surface area (Å²) in [5, 5.41) is 10.6. The molecule has 2 fully saturated rings. The zero-order valence-electron chi connectivity index (χ0n) is 17.0. The summed E-state index contributed by atoms with van der Waals surface area (Å²) in [6.07, 6.45) is 2.86. The molecular formula is C21H26N6O2.